The Morgan fingerprint density at radius 1 is 1.24 bits per heavy atom. The molecule has 0 N–H and O–H groups in total. The molecule has 0 bridgehead atoms. The Balaban J connectivity index is 3.33. The largest absolute Gasteiger partial charge is 0.291 e. The van der Waals surface area contributed by atoms with E-state index >= 15 is 0 Å². The highest BCUT2D eigenvalue weighted by Gasteiger charge is 2.42. The van der Waals surface area contributed by atoms with Gasteiger partial charge in [0.05, 0.1) is 16.2 Å². The van der Waals surface area contributed by atoms with Crippen molar-refractivity contribution in [1.29, 1.82) is 0 Å². The number of halogens is 1. The van der Waals surface area contributed by atoms with Gasteiger partial charge >= 0.3 is 0 Å². The third kappa shape index (κ3) is 3.39. The quantitative estimate of drug-likeness (QED) is 0.623. The summed E-state index contributed by atoms with van der Waals surface area (Å²) in [7, 11) is 0. The molecule has 0 saturated heterocycles. The standard InChI is InChI=1S/C16H28BrN3O/c1-6-11-20-14(13(17)12-18-20)15(21)16(7-2,8-3)19(9-4)10-5/h12H,6-11H2,1-5H3. The summed E-state index contributed by atoms with van der Waals surface area (Å²) in [6.45, 7) is 13.1. The molecular weight excluding hydrogens is 330 g/mol. The SMILES string of the molecule is CCCn1ncc(Br)c1C(=O)C(CC)(CC)N(CC)CC. The molecule has 0 aliphatic heterocycles. The summed E-state index contributed by atoms with van der Waals surface area (Å²) in [6.07, 6.45) is 4.33. The second kappa shape index (κ2) is 8.08. The Hall–Kier alpha value is -0.680. The van der Waals surface area contributed by atoms with Crippen molar-refractivity contribution in [2.45, 2.75) is 66.0 Å². The van der Waals surface area contributed by atoms with Gasteiger partial charge in [0.1, 0.15) is 5.69 Å². The summed E-state index contributed by atoms with van der Waals surface area (Å²) in [5.41, 5.74) is 0.282. The van der Waals surface area contributed by atoms with E-state index in [1.165, 1.54) is 0 Å². The minimum absolute atomic E-state index is 0.189. The zero-order chi connectivity index (χ0) is 16.0. The van der Waals surface area contributed by atoms with E-state index in [-0.39, 0.29) is 5.78 Å². The van der Waals surface area contributed by atoms with E-state index in [1.807, 2.05) is 4.68 Å². The van der Waals surface area contributed by atoms with Gasteiger partial charge in [0.25, 0.3) is 0 Å². The molecule has 0 radical (unpaired) electrons. The molecule has 0 amide bonds. The van der Waals surface area contributed by atoms with Crippen molar-refractivity contribution in [1.82, 2.24) is 14.7 Å². The molecular formula is C16H28BrN3O. The third-order valence-corrected chi connectivity index (χ3v) is 4.99. The number of ketones is 1. The summed E-state index contributed by atoms with van der Waals surface area (Å²) in [5.74, 6) is 0.189. The van der Waals surface area contributed by atoms with Crippen molar-refractivity contribution in [3.05, 3.63) is 16.4 Å². The van der Waals surface area contributed by atoms with Gasteiger partial charge in [-0.1, -0.05) is 34.6 Å². The first-order valence-electron chi connectivity index (χ1n) is 8.03. The number of aryl methyl sites for hydroxylation is 1. The molecule has 0 aliphatic rings. The Morgan fingerprint density at radius 2 is 1.81 bits per heavy atom. The van der Waals surface area contributed by atoms with Crippen LogP contribution in [0.15, 0.2) is 10.7 Å². The molecule has 1 rings (SSSR count). The normalized spacial score (nSPS) is 12.1. The number of nitrogens with zero attached hydrogens (tertiary/aromatic N) is 3. The number of carbonyl (C=O) groups excluding carboxylic acids is 1. The van der Waals surface area contributed by atoms with Gasteiger partial charge in [-0.3, -0.25) is 14.4 Å². The van der Waals surface area contributed by atoms with Gasteiger partial charge in [-0.15, -0.1) is 0 Å². The fraction of sp³-hybridized carbons (Fsp3) is 0.750. The van der Waals surface area contributed by atoms with Crippen molar-refractivity contribution < 1.29 is 4.79 Å². The predicted octanol–water partition coefficient (Wildman–Crippen LogP) is 4.14. The fourth-order valence-corrected chi connectivity index (χ4v) is 3.66. The van der Waals surface area contributed by atoms with Gasteiger partial charge in [-0.2, -0.15) is 5.10 Å². The van der Waals surface area contributed by atoms with Crippen LogP contribution in [0.5, 0.6) is 0 Å². The van der Waals surface area contributed by atoms with Crippen LogP contribution in [-0.2, 0) is 6.54 Å². The van der Waals surface area contributed by atoms with Crippen LogP contribution in [0.2, 0.25) is 0 Å². The van der Waals surface area contributed by atoms with Crippen molar-refractivity contribution in [2.75, 3.05) is 13.1 Å². The van der Waals surface area contributed by atoms with Crippen LogP contribution < -0.4 is 0 Å². The minimum Gasteiger partial charge on any atom is -0.291 e. The molecule has 0 saturated carbocycles. The minimum atomic E-state index is -0.433. The molecule has 1 aromatic rings. The van der Waals surface area contributed by atoms with Gasteiger partial charge in [0.2, 0.25) is 5.78 Å². The Morgan fingerprint density at radius 3 is 2.24 bits per heavy atom. The maximum Gasteiger partial charge on any atom is 0.202 e. The smallest absolute Gasteiger partial charge is 0.202 e. The average molecular weight is 358 g/mol. The molecule has 1 heterocycles. The van der Waals surface area contributed by atoms with Crippen LogP contribution in [0.25, 0.3) is 0 Å². The first kappa shape index (κ1) is 18.4. The van der Waals surface area contributed by atoms with E-state index in [0.29, 0.717) is 5.69 Å². The van der Waals surface area contributed by atoms with E-state index in [2.05, 4.69) is 60.5 Å². The lowest BCUT2D eigenvalue weighted by Crippen LogP contribution is -2.54. The summed E-state index contributed by atoms with van der Waals surface area (Å²) < 4.78 is 2.65. The van der Waals surface area contributed by atoms with Crippen LogP contribution in [0.1, 0.15) is 64.4 Å². The van der Waals surface area contributed by atoms with Crippen molar-refractivity contribution >= 4 is 21.7 Å². The van der Waals surface area contributed by atoms with Crippen LogP contribution in [0.3, 0.4) is 0 Å². The molecule has 1 aromatic heterocycles. The molecule has 0 fully saturated rings. The Kier molecular flexibility index (Phi) is 7.07. The second-order valence-corrected chi connectivity index (χ2v) is 6.16. The molecule has 21 heavy (non-hydrogen) atoms. The molecule has 0 unspecified atom stereocenters. The maximum atomic E-state index is 13.3. The number of hydrogen-bond donors (Lipinski definition) is 0. The van der Waals surface area contributed by atoms with Crippen LogP contribution in [-0.4, -0.2) is 39.1 Å². The Bertz CT molecular complexity index is 462. The lowest BCUT2D eigenvalue weighted by atomic mass is 9.84. The van der Waals surface area contributed by atoms with Gasteiger partial charge in [0, 0.05) is 6.54 Å². The van der Waals surface area contributed by atoms with Gasteiger partial charge in [-0.05, 0) is 48.3 Å². The number of rotatable bonds is 9. The van der Waals surface area contributed by atoms with Crippen molar-refractivity contribution in [3.8, 4) is 0 Å². The van der Waals surface area contributed by atoms with Crippen LogP contribution in [0, 0.1) is 0 Å². The van der Waals surface area contributed by atoms with Gasteiger partial charge < -0.3 is 0 Å². The summed E-state index contributed by atoms with van der Waals surface area (Å²) >= 11 is 3.51. The van der Waals surface area contributed by atoms with E-state index < -0.39 is 5.54 Å². The molecule has 0 spiro atoms. The molecule has 0 atom stereocenters. The zero-order valence-corrected chi connectivity index (χ0v) is 15.5. The van der Waals surface area contributed by atoms with Crippen molar-refractivity contribution in [2.24, 2.45) is 0 Å². The number of carbonyl (C=O) groups is 1. The molecule has 0 aliphatic carbocycles. The van der Waals surface area contributed by atoms with Crippen molar-refractivity contribution in [3.63, 3.8) is 0 Å². The van der Waals surface area contributed by atoms with E-state index in [1.54, 1.807) is 6.20 Å². The summed E-state index contributed by atoms with van der Waals surface area (Å²) in [4.78, 5) is 15.6. The predicted molar refractivity (Wildman–Crippen MR) is 90.8 cm³/mol. The number of Topliss-reactive ketones (excluding diaryl/α,β-unsaturated/α-hetero) is 1. The third-order valence-electron chi connectivity index (χ3n) is 4.41. The average Bonchev–Trinajstić information content (AvgIpc) is 2.85. The number of aromatic nitrogens is 2. The molecule has 5 heteroatoms. The van der Waals surface area contributed by atoms with Crippen LogP contribution >= 0.6 is 15.9 Å². The highest BCUT2D eigenvalue weighted by atomic mass is 79.9. The van der Waals surface area contributed by atoms with Gasteiger partial charge in [0.15, 0.2) is 0 Å². The molecule has 120 valence electrons. The Labute approximate surface area is 137 Å². The second-order valence-electron chi connectivity index (χ2n) is 5.30. The summed E-state index contributed by atoms with van der Waals surface area (Å²) in [5, 5.41) is 4.35. The highest BCUT2D eigenvalue weighted by Crippen LogP contribution is 2.31. The first-order chi connectivity index (χ1) is 10.0. The lowest BCUT2D eigenvalue weighted by molar-refractivity contribution is 0.0522. The summed E-state index contributed by atoms with van der Waals surface area (Å²) in [6, 6.07) is 0. The lowest BCUT2D eigenvalue weighted by Gasteiger charge is -2.41. The maximum absolute atomic E-state index is 13.3. The van der Waals surface area contributed by atoms with E-state index in [9.17, 15) is 4.79 Å². The zero-order valence-electron chi connectivity index (χ0n) is 13.9. The molecule has 0 aromatic carbocycles. The van der Waals surface area contributed by atoms with Gasteiger partial charge in [-0.25, -0.2) is 0 Å². The van der Waals surface area contributed by atoms with E-state index in [4.69, 9.17) is 0 Å². The number of likely N-dealkylation sites (N-methyl/N-ethyl adjacent to an activating group) is 1. The van der Waals surface area contributed by atoms with E-state index in [0.717, 1.165) is 43.4 Å². The topological polar surface area (TPSA) is 38.1 Å². The van der Waals surface area contributed by atoms with Crippen LogP contribution in [0.4, 0.5) is 0 Å². The fourth-order valence-electron chi connectivity index (χ4n) is 3.18. The molecule has 4 nitrogen and oxygen atoms in total. The highest BCUT2D eigenvalue weighted by molar-refractivity contribution is 9.10. The first-order valence-corrected chi connectivity index (χ1v) is 8.82. The monoisotopic (exact) mass is 357 g/mol. The number of hydrogen-bond acceptors (Lipinski definition) is 3.